The molecule has 0 aliphatic carbocycles. The molecule has 0 atom stereocenters. The highest BCUT2D eigenvalue weighted by Crippen LogP contribution is 2.11. The average molecular weight is 306 g/mol. The average Bonchev–Trinajstić information content (AvgIpc) is 2.33. The van der Waals surface area contributed by atoms with Gasteiger partial charge in [0.2, 0.25) is 0 Å². The Morgan fingerprint density at radius 3 is 2.57 bits per heavy atom. The minimum Gasteiger partial charge on any atom is -0.444 e. The molecular weight excluding hydrogens is 285 g/mol. The number of alkyl carbamates (subject to hydrolysis) is 1. The molecule has 0 aliphatic rings. The molecule has 5 heteroatoms. The van der Waals surface area contributed by atoms with Crippen LogP contribution in [0.5, 0.6) is 0 Å². The number of benzene rings is 1. The summed E-state index contributed by atoms with van der Waals surface area (Å²) in [5.74, 6) is 2.58. The molecule has 0 unspecified atom stereocenters. The first-order valence-corrected chi connectivity index (χ1v) is 9.25. The Hall–Kier alpha value is -1.80. The van der Waals surface area contributed by atoms with Crippen LogP contribution in [0.1, 0.15) is 31.9 Å². The number of carbonyl (C=O) groups excluding carboxylic acids is 1. The van der Waals surface area contributed by atoms with Crippen LogP contribution in [0, 0.1) is 17.3 Å². The van der Waals surface area contributed by atoms with E-state index in [2.05, 4.69) is 29.9 Å². The summed E-state index contributed by atoms with van der Waals surface area (Å²) in [6.07, 6.45) is -0.560. The molecule has 0 saturated carbocycles. The largest absolute Gasteiger partial charge is 0.444 e. The molecule has 0 heterocycles. The fourth-order valence-electron chi connectivity index (χ4n) is 1.45. The monoisotopic (exact) mass is 306 g/mol. The molecule has 1 amide bonds. The summed E-state index contributed by atoms with van der Waals surface area (Å²) in [6.45, 7) is 9.57. The second kappa shape index (κ2) is 7.28. The lowest BCUT2D eigenvalue weighted by molar-refractivity contribution is 0.0523. The SMILES string of the molecule is C[Si](C)C#Cc1ccc(CNC(=O)OC(C)(C)C)c(F)c1. The lowest BCUT2D eigenvalue weighted by Gasteiger charge is -2.19. The van der Waals surface area contributed by atoms with Gasteiger partial charge in [-0.25, -0.2) is 9.18 Å². The van der Waals surface area contributed by atoms with Gasteiger partial charge in [0.25, 0.3) is 0 Å². The maximum Gasteiger partial charge on any atom is 0.407 e. The minimum atomic E-state index is -0.650. The Kier molecular flexibility index (Phi) is 5.98. The van der Waals surface area contributed by atoms with Crippen molar-refractivity contribution in [1.82, 2.24) is 5.32 Å². The first-order valence-electron chi connectivity index (χ1n) is 6.75. The lowest BCUT2D eigenvalue weighted by Crippen LogP contribution is -2.32. The van der Waals surface area contributed by atoms with Gasteiger partial charge in [-0.1, -0.05) is 25.1 Å². The maximum absolute atomic E-state index is 13.9. The van der Waals surface area contributed by atoms with E-state index in [1.165, 1.54) is 6.07 Å². The number of rotatable bonds is 2. The third kappa shape index (κ3) is 6.96. The molecule has 0 fully saturated rings. The molecule has 113 valence electrons. The molecule has 0 aromatic heterocycles. The van der Waals surface area contributed by atoms with Crippen molar-refractivity contribution >= 4 is 14.9 Å². The van der Waals surface area contributed by atoms with E-state index in [1.54, 1.807) is 32.9 Å². The molecule has 3 nitrogen and oxygen atoms in total. The Labute approximate surface area is 127 Å². The molecule has 0 saturated heterocycles. The van der Waals surface area contributed by atoms with Crippen LogP contribution in [-0.4, -0.2) is 20.5 Å². The van der Waals surface area contributed by atoms with Crippen molar-refractivity contribution in [1.29, 1.82) is 0 Å². The molecular formula is C16H21FNO2Si. The van der Waals surface area contributed by atoms with Gasteiger partial charge in [0, 0.05) is 17.7 Å². The zero-order chi connectivity index (χ0) is 16.0. The summed E-state index contributed by atoms with van der Waals surface area (Å²) < 4.78 is 19.0. The smallest absolute Gasteiger partial charge is 0.407 e. The van der Waals surface area contributed by atoms with E-state index in [0.29, 0.717) is 11.1 Å². The summed E-state index contributed by atoms with van der Waals surface area (Å²) >= 11 is 0. The van der Waals surface area contributed by atoms with E-state index in [0.717, 1.165) is 0 Å². The van der Waals surface area contributed by atoms with Crippen LogP contribution in [-0.2, 0) is 11.3 Å². The van der Waals surface area contributed by atoms with Crippen LogP contribution >= 0.6 is 0 Å². The fourth-order valence-corrected chi connectivity index (χ4v) is 1.84. The molecule has 1 N–H and O–H groups in total. The second-order valence-corrected chi connectivity index (χ2v) is 8.16. The summed E-state index contributed by atoms with van der Waals surface area (Å²) in [6, 6.07) is 4.78. The summed E-state index contributed by atoms with van der Waals surface area (Å²) in [5, 5.41) is 2.53. The number of hydrogen-bond acceptors (Lipinski definition) is 2. The summed E-state index contributed by atoms with van der Waals surface area (Å²) in [4.78, 5) is 11.5. The van der Waals surface area contributed by atoms with Crippen LogP contribution in [0.4, 0.5) is 9.18 Å². The van der Waals surface area contributed by atoms with Crippen molar-refractivity contribution in [2.75, 3.05) is 0 Å². The molecule has 0 bridgehead atoms. The zero-order valence-electron chi connectivity index (χ0n) is 13.1. The van der Waals surface area contributed by atoms with E-state index < -0.39 is 20.5 Å². The Morgan fingerprint density at radius 1 is 1.38 bits per heavy atom. The van der Waals surface area contributed by atoms with Crippen LogP contribution < -0.4 is 5.32 Å². The number of amides is 1. The molecule has 1 aromatic carbocycles. The van der Waals surface area contributed by atoms with Gasteiger partial charge >= 0.3 is 6.09 Å². The third-order valence-corrected chi connectivity index (χ3v) is 2.96. The van der Waals surface area contributed by atoms with Crippen LogP contribution in [0.3, 0.4) is 0 Å². The van der Waals surface area contributed by atoms with Gasteiger partial charge in [-0.05, 0) is 32.9 Å². The van der Waals surface area contributed by atoms with Crippen molar-refractivity contribution in [2.45, 2.75) is 46.0 Å². The highest BCUT2D eigenvalue weighted by atomic mass is 28.3. The van der Waals surface area contributed by atoms with Crippen LogP contribution in [0.2, 0.25) is 13.1 Å². The van der Waals surface area contributed by atoms with Gasteiger partial charge in [-0.15, -0.1) is 5.54 Å². The number of carbonyl (C=O) groups is 1. The van der Waals surface area contributed by atoms with E-state index >= 15 is 0 Å². The topological polar surface area (TPSA) is 38.3 Å². The molecule has 1 radical (unpaired) electrons. The summed E-state index contributed by atoms with van der Waals surface area (Å²) in [7, 11) is -0.650. The van der Waals surface area contributed by atoms with Gasteiger partial charge in [-0.2, -0.15) is 0 Å². The first kappa shape index (κ1) is 17.2. The highest BCUT2D eigenvalue weighted by Gasteiger charge is 2.16. The van der Waals surface area contributed by atoms with Crippen molar-refractivity contribution in [3.8, 4) is 11.5 Å². The second-order valence-electron chi connectivity index (χ2n) is 5.91. The van der Waals surface area contributed by atoms with E-state index in [4.69, 9.17) is 4.74 Å². The fraction of sp³-hybridized carbons (Fsp3) is 0.438. The van der Waals surface area contributed by atoms with Gasteiger partial charge < -0.3 is 10.1 Å². The van der Waals surface area contributed by atoms with E-state index in [9.17, 15) is 9.18 Å². The lowest BCUT2D eigenvalue weighted by atomic mass is 10.1. The van der Waals surface area contributed by atoms with Gasteiger partial charge in [-0.3, -0.25) is 0 Å². The van der Waals surface area contributed by atoms with Gasteiger partial charge in [0.1, 0.15) is 20.2 Å². The molecule has 1 rings (SSSR count). The van der Waals surface area contributed by atoms with E-state index in [-0.39, 0.29) is 12.4 Å². The van der Waals surface area contributed by atoms with Crippen molar-refractivity contribution in [3.63, 3.8) is 0 Å². The predicted molar refractivity (Wildman–Crippen MR) is 83.8 cm³/mol. The molecule has 0 spiro atoms. The van der Waals surface area contributed by atoms with Crippen molar-refractivity contribution in [2.24, 2.45) is 0 Å². The van der Waals surface area contributed by atoms with Crippen molar-refractivity contribution < 1.29 is 13.9 Å². The van der Waals surface area contributed by atoms with Crippen molar-refractivity contribution in [3.05, 3.63) is 35.1 Å². The summed E-state index contributed by atoms with van der Waals surface area (Å²) in [5.41, 5.74) is 3.57. The Balaban J connectivity index is 2.66. The van der Waals surface area contributed by atoms with Crippen LogP contribution in [0.15, 0.2) is 18.2 Å². The number of hydrogen-bond donors (Lipinski definition) is 1. The number of nitrogens with one attached hydrogen (secondary N) is 1. The third-order valence-electron chi connectivity index (χ3n) is 2.33. The minimum absolute atomic E-state index is 0.0883. The Bertz CT molecular complexity index is 568. The molecule has 0 aliphatic heterocycles. The Morgan fingerprint density at radius 2 is 2.05 bits per heavy atom. The predicted octanol–water partition coefficient (Wildman–Crippen LogP) is 3.50. The normalized spacial score (nSPS) is 10.8. The van der Waals surface area contributed by atoms with Crippen LogP contribution in [0.25, 0.3) is 0 Å². The zero-order valence-corrected chi connectivity index (χ0v) is 14.1. The standard InChI is InChI=1S/C16H21FNO2Si/c1-16(2,3)20-15(19)18-11-13-7-6-12(10-14(13)17)8-9-21(4)5/h6-7,10H,11H2,1-5H3,(H,18,19). The molecule has 1 aromatic rings. The highest BCUT2D eigenvalue weighted by molar-refractivity contribution is 6.64. The quantitative estimate of drug-likeness (QED) is 0.671. The number of halogens is 1. The maximum atomic E-state index is 13.9. The van der Waals surface area contributed by atoms with Gasteiger partial charge in [0.05, 0.1) is 0 Å². The van der Waals surface area contributed by atoms with E-state index in [1.807, 2.05) is 0 Å². The first-order chi connectivity index (χ1) is 9.67. The number of ether oxygens (including phenoxy) is 1. The van der Waals surface area contributed by atoms with Gasteiger partial charge in [0.15, 0.2) is 0 Å². The molecule has 21 heavy (non-hydrogen) atoms.